The second-order valence-corrected chi connectivity index (χ2v) is 6.62. The summed E-state index contributed by atoms with van der Waals surface area (Å²) in [5, 5.41) is 11.6. The summed E-state index contributed by atoms with van der Waals surface area (Å²) >= 11 is 5.92. The van der Waals surface area contributed by atoms with Gasteiger partial charge in [0, 0.05) is 22.5 Å². The Hall–Kier alpha value is -2.26. The molecule has 1 heterocycles. The van der Waals surface area contributed by atoms with Crippen LogP contribution in [0.2, 0.25) is 5.02 Å². The molecule has 148 valence electrons. The third-order valence-corrected chi connectivity index (χ3v) is 4.29. The van der Waals surface area contributed by atoms with Crippen molar-refractivity contribution in [2.45, 2.75) is 43.9 Å². The van der Waals surface area contributed by atoms with E-state index < -0.39 is 12.1 Å². The number of carboxylic acids is 1. The number of rotatable bonds is 2. The molecule has 4 N–H and O–H groups in total. The first-order valence-corrected chi connectivity index (χ1v) is 8.49. The number of amides is 1. The molecule has 0 spiro atoms. The summed E-state index contributed by atoms with van der Waals surface area (Å²) in [7, 11) is 0. The number of alkyl halides is 3. The van der Waals surface area contributed by atoms with Gasteiger partial charge in [-0.25, -0.2) is 4.79 Å². The lowest BCUT2D eigenvalue weighted by atomic mass is 9.92. The molecule has 0 bridgehead atoms. The summed E-state index contributed by atoms with van der Waals surface area (Å²) in [6, 6.07) is 7.50. The van der Waals surface area contributed by atoms with Crippen molar-refractivity contribution < 1.29 is 32.3 Å². The van der Waals surface area contributed by atoms with Gasteiger partial charge in [0.2, 0.25) is 0 Å². The summed E-state index contributed by atoms with van der Waals surface area (Å²) in [6.45, 7) is 0. The van der Waals surface area contributed by atoms with Crippen molar-refractivity contribution in [3.05, 3.63) is 35.0 Å². The first-order valence-electron chi connectivity index (χ1n) is 8.12. The summed E-state index contributed by atoms with van der Waals surface area (Å²) in [6.07, 6.45) is -1.31. The van der Waals surface area contributed by atoms with E-state index in [-0.39, 0.29) is 18.0 Å². The van der Waals surface area contributed by atoms with Gasteiger partial charge < -0.3 is 20.6 Å². The number of carbonyl (C=O) groups excluding carboxylic acids is 1. The highest BCUT2D eigenvalue weighted by Crippen LogP contribution is 2.24. The van der Waals surface area contributed by atoms with Crippen LogP contribution in [0.4, 0.5) is 13.2 Å². The number of benzene rings is 1. The number of carboxylic acid groups (broad SMARTS) is 1. The third-order valence-electron chi connectivity index (χ3n) is 4.05. The lowest BCUT2D eigenvalue weighted by molar-refractivity contribution is -0.192. The Morgan fingerprint density at radius 2 is 1.78 bits per heavy atom. The molecule has 1 aromatic heterocycles. The lowest BCUT2D eigenvalue weighted by Gasteiger charge is -2.26. The topological polar surface area (TPSA) is 106 Å². The highest BCUT2D eigenvalue weighted by atomic mass is 35.5. The second-order valence-electron chi connectivity index (χ2n) is 6.18. The van der Waals surface area contributed by atoms with Crippen molar-refractivity contribution >= 4 is 34.4 Å². The number of nitrogens with two attached hydrogens (primary N) is 1. The monoisotopic (exact) mass is 406 g/mol. The van der Waals surface area contributed by atoms with Crippen LogP contribution in [-0.4, -0.2) is 35.2 Å². The van der Waals surface area contributed by atoms with Crippen molar-refractivity contribution in [1.29, 1.82) is 0 Å². The lowest BCUT2D eigenvalue weighted by Crippen LogP contribution is -2.40. The Morgan fingerprint density at radius 3 is 2.33 bits per heavy atom. The van der Waals surface area contributed by atoms with Crippen molar-refractivity contribution in [3.8, 4) is 0 Å². The molecule has 2 aromatic rings. The van der Waals surface area contributed by atoms with E-state index in [1.165, 1.54) is 0 Å². The number of halogens is 4. The van der Waals surface area contributed by atoms with E-state index in [1.54, 1.807) is 24.3 Å². The van der Waals surface area contributed by atoms with Crippen LogP contribution in [0.15, 0.2) is 28.7 Å². The molecule has 1 aliphatic carbocycles. The SMILES string of the molecule is NC1CCC(NC(=O)c2cc3cc(Cl)ccc3o2)CC1.O=C(O)C(F)(F)F. The molecule has 3 rings (SSSR count). The predicted octanol–water partition coefficient (Wildman–Crippen LogP) is 3.72. The van der Waals surface area contributed by atoms with Gasteiger partial charge in [0.1, 0.15) is 5.58 Å². The maximum absolute atomic E-state index is 12.2. The van der Waals surface area contributed by atoms with Gasteiger partial charge in [-0.1, -0.05) is 11.6 Å². The normalized spacial score (nSPS) is 19.9. The molecule has 1 aliphatic rings. The Bertz CT molecular complexity index is 814. The fourth-order valence-electron chi connectivity index (χ4n) is 2.65. The molecule has 1 saturated carbocycles. The smallest absolute Gasteiger partial charge is 0.475 e. The maximum atomic E-state index is 12.2. The molecule has 1 fully saturated rings. The van der Waals surface area contributed by atoms with E-state index in [0.29, 0.717) is 16.4 Å². The molecule has 10 heteroatoms. The van der Waals surface area contributed by atoms with Crippen LogP contribution in [0, 0.1) is 0 Å². The molecule has 0 aliphatic heterocycles. The number of hydrogen-bond donors (Lipinski definition) is 3. The largest absolute Gasteiger partial charge is 0.490 e. The average molecular weight is 407 g/mol. The van der Waals surface area contributed by atoms with E-state index in [1.807, 2.05) is 0 Å². The molecule has 0 radical (unpaired) electrons. The van der Waals surface area contributed by atoms with Crippen molar-refractivity contribution in [3.63, 3.8) is 0 Å². The molecule has 1 aromatic carbocycles. The van der Waals surface area contributed by atoms with E-state index in [2.05, 4.69) is 5.32 Å². The van der Waals surface area contributed by atoms with Gasteiger partial charge in [0.25, 0.3) is 5.91 Å². The molecule has 0 unspecified atom stereocenters. The second kappa shape index (κ2) is 8.62. The highest BCUT2D eigenvalue weighted by Gasteiger charge is 2.38. The number of hydrogen-bond acceptors (Lipinski definition) is 4. The molecular weight excluding hydrogens is 389 g/mol. The van der Waals surface area contributed by atoms with Crippen molar-refractivity contribution in [2.75, 3.05) is 0 Å². The van der Waals surface area contributed by atoms with E-state index in [4.69, 9.17) is 31.7 Å². The molecule has 1 amide bonds. The molecular formula is C17H18ClF3N2O4. The summed E-state index contributed by atoms with van der Waals surface area (Å²) in [4.78, 5) is 21.1. The van der Waals surface area contributed by atoms with Crippen LogP contribution in [-0.2, 0) is 4.79 Å². The number of carbonyl (C=O) groups is 2. The van der Waals surface area contributed by atoms with Crippen LogP contribution < -0.4 is 11.1 Å². The maximum Gasteiger partial charge on any atom is 0.490 e. The van der Waals surface area contributed by atoms with E-state index in [0.717, 1.165) is 31.1 Å². The zero-order chi connectivity index (χ0) is 20.2. The van der Waals surface area contributed by atoms with Crippen LogP contribution >= 0.6 is 11.6 Å². The Morgan fingerprint density at radius 1 is 1.19 bits per heavy atom. The quantitative estimate of drug-likeness (QED) is 0.704. The molecule has 0 atom stereocenters. The minimum Gasteiger partial charge on any atom is -0.475 e. The number of fused-ring (bicyclic) bond motifs is 1. The predicted molar refractivity (Wildman–Crippen MR) is 92.6 cm³/mol. The first-order chi connectivity index (χ1) is 12.6. The van der Waals surface area contributed by atoms with Gasteiger partial charge in [-0.2, -0.15) is 13.2 Å². The van der Waals surface area contributed by atoms with Crippen LogP contribution in [0.3, 0.4) is 0 Å². The molecule has 27 heavy (non-hydrogen) atoms. The van der Waals surface area contributed by atoms with Crippen LogP contribution in [0.5, 0.6) is 0 Å². The van der Waals surface area contributed by atoms with Gasteiger partial charge >= 0.3 is 12.1 Å². The first kappa shape index (κ1) is 21.0. The van der Waals surface area contributed by atoms with Crippen LogP contribution in [0.25, 0.3) is 11.0 Å². The van der Waals surface area contributed by atoms with Gasteiger partial charge in [-0.15, -0.1) is 0 Å². The zero-order valence-electron chi connectivity index (χ0n) is 14.1. The Kier molecular flexibility index (Phi) is 6.72. The van der Waals surface area contributed by atoms with E-state index >= 15 is 0 Å². The van der Waals surface area contributed by atoms with Crippen molar-refractivity contribution in [1.82, 2.24) is 5.32 Å². The van der Waals surface area contributed by atoms with Crippen LogP contribution in [0.1, 0.15) is 36.2 Å². The minimum atomic E-state index is -5.08. The van der Waals surface area contributed by atoms with Gasteiger partial charge in [-0.05, 0) is 49.9 Å². The fraction of sp³-hybridized carbons (Fsp3) is 0.412. The number of furan rings is 1. The van der Waals surface area contributed by atoms with Gasteiger partial charge in [-0.3, -0.25) is 4.79 Å². The molecule has 6 nitrogen and oxygen atoms in total. The molecule has 0 saturated heterocycles. The van der Waals surface area contributed by atoms with E-state index in [9.17, 15) is 18.0 Å². The third kappa shape index (κ3) is 6.14. The number of nitrogens with one attached hydrogen (secondary N) is 1. The number of aliphatic carboxylic acids is 1. The summed E-state index contributed by atoms with van der Waals surface area (Å²) in [5.74, 6) is -2.59. The fourth-order valence-corrected chi connectivity index (χ4v) is 2.83. The Labute approximate surface area is 157 Å². The standard InChI is InChI=1S/C15H17ClN2O2.C2HF3O2/c16-10-1-6-13-9(7-10)8-14(20-13)15(19)18-12-4-2-11(17)3-5-12;3-2(4,5)1(6)7/h1,6-8,11-12H,2-5,17H2,(H,18,19);(H,6,7). The minimum absolute atomic E-state index is 0.169. The Balaban J connectivity index is 0.000000321. The summed E-state index contributed by atoms with van der Waals surface area (Å²) in [5.41, 5.74) is 6.53. The summed E-state index contributed by atoms with van der Waals surface area (Å²) < 4.78 is 37.3. The van der Waals surface area contributed by atoms with Gasteiger partial charge in [0.15, 0.2) is 5.76 Å². The zero-order valence-corrected chi connectivity index (χ0v) is 14.8. The van der Waals surface area contributed by atoms with Gasteiger partial charge in [0.05, 0.1) is 0 Å². The average Bonchev–Trinajstić information content (AvgIpc) is 3.00. The highest BCUT2D eigenvalue weighted by molar-refractivity contribution is 6.31. The van der Waals surface area contributed by atoms with Crippen molar-refractivity contribution in [2.24, 2.45) is 5.73 Å².